The normalized spacial score (nSPS) is 14.4. The molecular formula is C17H18NO4+. The Morgan fingerprint density at radius 3 is 2.05 bits per heavy atom. The van der Waals surface area contributed by atoms with E-state index in [-0.39, 0.29) is 0 Å². The van der Waals surface area contributed by atoms with Crippen molar-refractivity contribution >= 4 is 0 Å². The van der Waals surface area contributed by atoms with Crippen LogP contribution in [0.1, 0.15) is 11.1 Å². The minimum Gasteiger partial charge on any atom is -0.454 e. The minimum absolute atomic E-state index is 0.326. The van der Waals surface area contributed by atoms with Crippen molar-refractivity contribution in [3.05, 3.63) is 47.5 Å². The third-order valence-electron chi connectivity index (χ3n) is 3.89. The van der Waals surface area contributed by atoms with Gasteiger partial charge >= 0.3 is 0 Å². The van der Waals surface area contributed by atoms with Crippen molar-refractivity contribution in [2.75, 3.05) is 20.1 Å². The van der Waals surface area contributed by atoms with Gasteiger partial charge in [-0.25, -0.2) is 0 Å². The first-order valence-electron chi connectivity index (χ1n) is 7.47. The molecule has 2 N–H and O–H groups in total. The topological polar surface area (TPSA) is 53.5 Å². The van der Waals surface area contributed by atoms with Crippen LogP contribution in [0, 0.1) is 0 Å². The molecule has 2 aliphatic heterocycles. The summed E-state index contributed by atoms with van der Waals surface area (Å²) in [5.41, 5.74) is 2.51. The summed E-state index contributed by atoms with van der Waals surface area (Å²) in [4.78, 5) is 0. The molecule has 0 aromatic heterocycles. The van der Waals surface area contributed by atoms with E-state index < -0.39 is 0 Å². The molecule has 0 aliphatic carbocycles. The van der Waals surface area contributed by atoms with Crippen LogP contribution in [-0.2, 0) is 13.0 Å². The van der Waals surface area contributed by atoms with Gasteiger partial charge in [-0.05, 0) is 35.9 Å². The quantitative estimate of drug-likeness (QED) is 0.849. The molecular weight excluding hydrogens is 282 g/mol. The highest BCUT2D eigenvalue weighted by molar-refractivity contribution is 5.45. The van der Waals surface area contributed by atoms with Crippen molar-refractivity contribution in [2.45, 2.75) is 13.0 Å². The van der Waals surface area contributed by atoms with E-state index >= 15 is 0 Å². The van der Waals surface area contributed by atoms with Crippen molar-refractivity contribution in [1.82, 2.24) is 0 Å². The van der Waals surface area contributed by atoms with E-state index in [0.29, 0.717) is 13.6 Å². The van der Waals surface area contributed by atoms with Gasteiger partial charge in [-0.1, -0.05) is 6.07 Å². The van der Waals surface area contributed by atoms with E-state index in [1.165, 1.54) is 11.1 Å². The van der Waals surface area contributed by atoms with Gasteiger partial charge in [-0.3, -0.25) is 0 Å². The third-order valence-corrected chi connectivity index (χ3v) is 3.89. The van der Waals surface area contributed by atoms with E-state index in [9.17, 15) is 0 Å². The number of benzene rings is 2. The van der Waals surface area contributed by atoms with Crippen molar-refractivity contribution in [3.63, 3.8) is 0 Å². The lowest BCUT2D eigenvalue weighted by Gasteiger charge is -2.04. The zero-order valence-corrected chi connectivity index (χ0v) is 12.2. The summed E-state index contributed by atoms with van der Waals surface area (Å²) < 4.78 is 21.4. The van der Waals surface area contributed by atoms with Crippen molar-refractivity contribution in [2.24, 2.45) is 0 Å². The van der Waals surface area contributed by atoms with Gasteiger partial charge in [0.15, 0.2) is 23.0 Å². The first-order valence-corrected chi connectivity index (χ1v) is 7.47. The van der Waals surface area contributed by atoms with Crippen LogP contribution in [0.15, 0.2) is 36.4 Å². The lowest BCUT2D eigenvalue weighted by atomic mass is 10.1. The zero-order valence-electron chi connectivity index (χ0n) is 12.2. The van der Waals surface area contributed by atoms with E-state index in [4.69, 9.17) is 18.9 Å². The molecule has 0 spiro atoms. The molecule has 2 heterocycles. The maximum atomic E-state index is 5.40. The number of ether oxygens (including phenoxy) is 4. The molecule has 22 heavy (non-hydrogen) atoms. The molecule has 2 aromatic rings. The fraction of sp³-hybridized carbons (Fsp3) is 0.294. The first kappa shape index (κ1) is 13.3. The molecule has 114 valence electrons. The summed E-state index contributed by atoms with van der Waals surface area (Å²) in [6, 6.07) is 12.3. The molecule has 4 rings (SSSR count). The summed E-state index contributed by atoms with van der Waals surface area (Å²) in [6.07, 6.45) is 1.00. The van der Waals surface area contributed by atoms with Gasteiger partial charge < -0.3 is 24.3 Å². The fourth-order valence-electron chi connectivity index (χ4n) is 2.70. The molecule has 0 bridgehead atoms. The van der Waals surface area contributed by atoms with Gasteiger partial charge in [0.2, 0.25) is 13.6 Å². The molecule has 0 saturated carbocycles. The number of hydrogen-bond donors (Lipinski definition) is 1. The number of nitrogens with two attached hydrogens (primary N) is 1. The number of quaternary nitrogens is 1. The predicted octanol–water partition coefficient (Wildman–Crippen LogP) is 1.45. The highest BCUT2D eigenvalue weighted by Gasteiger charge is 2.14. The SMILES string of the molecule is c1cc2c(cc1CC[NH2+]Cc1ccc3c(c1)OCO3)OCO2. The van der Waals surface area contributed by atoms with E-state index in [1.54, 1.807) is 0 Å². The highest BCUT2D eigenvalue weighted by atomic mass is 16.7. The number of rotatable bonds is 5. The Morgan fingerprint density at radius 2 is 1.32 bits per heavy atom. The molecule has 0 amide bonds. The van der Waals surface area contributed by atoms with Crippen LogP contribution < -0.4 is 24.3 Å². The lowest BCUT2D eigenvalue weighted by Crippen LogP contribution is -2.83. The Bertz CT molecular complexity index is 627. The zero-order chi connectivity index (χ0) is 14.8. The standard InChI is InChI=1S/C17H17NO4/c1-3-14-16(21-10-19-14)7-12(1)5-6-18-9-13-2-4-15-17(8-13)22-11-20-15/h1-4,7-8,18H,5-6,9-11H2/p+1. The Labute approximate surface area is 128 Å². The summed E-state index contributed by atoms with van der Waals surface area (Å²) in [7, 11) is 0. The average Bonchev–Trinajstić information content (AvgIpc) is 3.19. The molecule has 5 heteroatoms. The average molecular weight is 300 g/mol. The maximum absolute atomic E-state index is 5.40. The molecule has 2 aromatic carbocycles. The lowest BCUT2D eigenvalue weighted by molar-refractivity contribution is -0.670. The third kappa shape index (κ3) is 2.67. The second kappa shape index (κ2) is 5.77. The first-order chi connectivity index (χ1) is 10.9. The maximum Gasteiger partial charge on any atom is 0.231 e. The predicted molar refractivity (Wildman–Crippen MR) is 79.3 cm³/mol. The van der Waals surface area contributed by atoms with Gasteiger partial charge in [-0.15, -0.1) is 0 Å². The van der Waals surface area contributed by atoms with Crippen LogP contribution in [0.4, 0.5) is 0 Å². The second-order valence-corrected chi connectivity index (χ2v) is 5.41. The molecule has 2 aliphatic rings. The summed E-state index contributed by atoms with van der Waals surface area (Å²) >= 11 is 0. The van der Waals surface area contributed by atoms with Gasteiger partial charge in [0.05, 0.1) is 6.54 Å². The van der Waals surface area contributed by atoms with Gasteiger partial charge in [0, 0.05) is 12.0 Å². The Hall–Kier alpha value is -2.40. The van der Waals surface area contributed by atoms with Crippen LogP contribution in [0.5, 0.6) is 23.0 Å². The minimum atomic E-state index is 0.326. The summed E-state index contributed by atoms with van der Waals surface area (Å²) in [5.74, 6) is 3.38. The Kier molecular flexibility index (Phi) is 3.48. The Morgan fingerprint density at radius 1 is 0.727 bits per heavy atom. The number of hydrogen-bond acceptors (Lipinski definition) is 4. The van der Waals surface area contributed by atoms with Gasteiger partial charge in [0.25, 0.3) is 0 Å². The van der Waals surface area contributed by atoms with Crippen molar-refractivity contribution in [1.29, 1.82) is 0 Å². The number of fused-ring (bicyclic) bond motifs is 2. The highest BCUT2D eigenvalue weighted by Crippen LogP contribution is 2.33. The molecule has 0 fully saturated rings. The second-order valence-electron chi connectivity index (χ2n) is 5.41. The molecule has 0 atom stereocenters. The fourth-order valence-corrected chi connectivity index (χ4v) is 2.70. The van der Waals surface area contributed by atoms with Crippen molar-refractivity contribution < 1.29 is 24.3 Å². The summed E-state index contributed by atoms with van der Waals surface area (Å²) in [5, 5.41) is 2.29. The molecule has 0 saturated heterocycles. The van der Waals surface area contributed by atoms with Gasteiger partial charge in [0.1, 0.15) is 6.54 Å². The van der Waals surface area contributed by atoms with Crippen LogP contribution >= 0.6 is 0 Å². The van der Waals surface area contributed by atoms with Crippen LogP contribution in [-0.4, -0.2) is 20.1 Å². The van der Waals surface area contributed by atoms with Crippen LogP contribution in [0.2, 0.25) is 0 Å². The molecule has 0 radical (unpaired) electrons. The Balaban J connectivity index is 1.29. The van der Waals surface area contributed by atoms with Gasteiger partial charge in [-0.2, -0.15) is 0 Å². The van der Waals surface area contributed by atoms with E-state index in [2.05, 4.69) is 29.6 Å². The van der Waals surface area contributed by atoms with E-state index in [1.807, 2.05) is 12.1 Å². The van der Waals surface area contributed by atoms with E-state index in [0.717, 1.165) is 42.5 Å². The molecule has 5 nitrogen and oxygen atoms in total. The van der Waals surface area contributed by atoms with Crippen LogP contribution in [0.3, 0.4) is 0 Å². The monoisotopic (exact) mass is 300 g/mol. The van der Waals surface area contributed by atoms with Crippen molar-refractivity contribution in [3.8, 4) is 23.0 Å². The summed E-state index contributed by atoms with van der Waals surface area (Å²) in [6.45, 7) is 2.61. The largest absolute Gasteiger partial charge is 0.454 e. The smallest absolute Gasteiger partial charge is 0.231 e. The molecule has 0 unspecified atom stereocenters. The van der Waals surface area contributed by atoms with Crippen LogP contribution in [0.25, 0.3) is 0 Å².